The van der Waals surface area contributed by atoms with Crippen LogP contribution in [0.4, 0.5) is 0 Å². The lowest BCUT2D eigenvalue weighted by Crippen LogP contribution is -2.08. The molecule has 2 aromatic rings. The summed E-state index contributed by atoms with van der Waals surface area (Å²) >= 11 is 3.45. The second kappa shape index (κ2) is 6.41. The molecule has 0 fully saturated rings. The van der Waals surface area contributed by atoms with E-state index in [1.807, 2.05) is 42.1 Å². The van der Waals surface area contributed by atoms with Crippen LogP contribution < -0.4 is 10.5 Å². The van der Waals surface area contributed by atoms with E-state index in [4.69, 9.17) is 10.5 Å². The van der Waals surface area contributed by atoms with Gasteiger partial charge in [-0.25, -0.2) is 0 Å². The largest absolute Gasteiger partial charge is 0.487 e. The average molecular weight is 338 g/mol. The number of nitrogens with two attached hydrogens (primary N) is 1. The maximum Gasteiger partial charge on any atom is 0.132 e. The van der Waals surface area contributed by atoms with Gasteiger partial charge in [0, 0.05) is 28.3 Å². The van der Waals surface area contributed by atoms with E-state index in [9.17, 15) is 0 Å². The van der Waals surface area contributed by atoms with Crippen LogP contribution in [-0.4, -0.2) is 9.78 Å². The minimum atomic E-state index is -0.0734. The van der Waals surface area contributed by atoms with Crippen molar-refractivity contribution in [2.24, 2.45) is 5.73 Å². The maximum absolute atomic E-state index is 5.98. The summed E-state index contributed by atoms with van der Waals surface area (Å²) in [6, 6.07) is 8.14. The van der Waals surface area contributed by atoms with Crippen LogP contribution in [0.5, 0.6) is 5.75 Å². The molecule has 1 aromatic carbocycles. The summed E-state index contributed by atoms with van der Waals surface area (Å²) < 4.78 is 8.78. The molecule has 0 radical (unpaired) electrons. The van der Waals surface area contributed by atoms with Crippen molar-refractivity contribution in [3.63, 3.8) is 0 Å². The van der Waals surface area contributed by atoms with E-state index in [0.29, 0.717) is 12.6 Å². The number of hydrogen-bond donors (Lipinski definition) is 1. The first-order valence-electron chi connectivity index (χ1n) is 6.69. The Morgan fingerprint density at radius 2 is 2.05 bits per heavy atom. The molecule has 1 heterocycles. The molecule has 0 aliphatic heterocycles. The van der Waals surface area contributed by atoms with Crippen molar-refractivity contribution in [1.82, 2.24) is 9.78 Å². The van der Waals surface area contributed by atoms with Gasteiger partial charge in [0.2, 0.25) is 0 Å². The summed E-state index contributed by atoms with van der Waals surface area (Å²) in [4.78, 5) is 0. The quantitative estimate of drug-likeness (QED) is 0.902. The van der Waals surface area contributed by atoms with Gasteiger partial charge in [-0.3, -0.25) is 4.68 Å². The summed E-state index contributed by atoms with van der Waals surface area (Å²) in [6.45, 7) is 6.59. The number of hydrogen-bond acceptors (Lipinski definition) is 3. The third kappa shape index (κ3) is 3.61. The Labute approximate surface area is 128 Å². The van der Waals surface area contributed by atoms with Crippen LogP contribution in [0.1, 0.15) is 44.1 Å². The molecular weight excluding hydrogens is 318 g/mol. The molecular formula is C15H20BrN3O. The third-order valence-electron chi connectivity index (χ3n) is 3.03. The lowest BCUT2D eigenvalue weighted by molar-refractivity contribution is 0.294. The second-order valence-electron chi connectivity index (χ2n) is 5.14. The predicted octanol–water partition coefficient (Wildman–Crippen LogP) is 3.83. The van der Waals surface area contributed by atoms with Crippen molar-refractivity contribution in [2.45, 2.75) is 39.5 Å². The standard InChI is InChI=1S/C15H20BrN3O/c1-10(2)19-7-6-13(18-19)9-20-15-5-4-12(16)8-14(15)11(3)17/h4-8,10-11H,9,17H2,1-3H3/t11-/m1/s1. The van der Waals surface area contributed by atoms with Crippen LogP contribution in [-0.2, 0) is 6.61 Å². The van der Waals surface area contributed by atoms with Gasteiger partial charge < -0.3 is 10.5 Å². The normalized spacial score (nSPS) is 12.7. The van der Waals surface area contributed by atoms with E-state index in [2.05, 4.69) is 34.9 Å². The highest BCUT2D eigenvalue weighted by Gasteiger charge is 2.10. The summed E-state index contributed by atoms with van der Waals surface area (Å²) in [5.41, 5.74) is 7.88. The lowest BCUT2D eigenvalue weighted by atomic mass is 10.1. The molecule has 0 aliphatic rings. The van der Waals surface area contributed by atoms with Crippen LogP contribution in [0.3, 0.4) is 0 Å². The van der Waals surface area contributed by atoms with Crippen molar-refractivity contribution in [3.8, 4) is 5.75 Å². The van der Waals surface area contributed by atoms with Crippen molar-refractivity contribution >= 4 is 15.9 Å². The molecule has 1 aromatic heterocycles. The Balaban J connectivity index is 2.10. The van der Waals surface area contributed by atoms with Gasteiger partial charge in [-0.1, -0.05) is 15.9 Å². The molecule has 0 saturated heterocycles. The van der Waals surface area contributed by atoms with Gasteiger partial charge in [-0.2, -0.15) is 5.10 Å². The Hall–Kier alpha value is -1.33. The fourth-order valence-corrected chi connectivity index (χ4v) is 2.28. The van der Waals surface area contributed by atoms with Gasteiger partial charge in [0.1, 0.15) is 12.4 Å². The monoisotopic (exact) mass is 337 g/mol. The minimum Gasteiger partial charge on any atom is -0.487 e. The van der Waals surface area contributed by atoms with E-state index in [1.54, 1.807) is 0 Å². The average Bonchev–Trinajstić information content (AvgIpc) is 2.86. The van der Waals surface area contributed by atoms with Crippen LogP contribution >= 0.6 is 15.9 Å². The Bertz CT molecular complexity index is 578. The summed E-state index contributed by atoms with van der Waals surface area (Å²) in [6.07, 6.45) is 1.97. The molecule has 1 atom stereocenters. The molecule has 20 heavy (non-hydrogen) atoms. The van der Waals surface area contributed by atoms with E-state index >= 15 is 0 Å². The lowest BCUT2D eigenvalue weighted by Gasteiger charge is -2.14. The second-order valence-corrected chi connectivity index (χ2v) is 6.06. The summed E-state index contributed by atoms with van der Waals surface area (Å²) in [5.74, 6) is 0.808. The van der Waals surface area contributed by atoms with Gasteiger partial charge in [0.15, 0.2) is 0 Å². The van der Waals surface area contributed by atoms with Crippen molar-refractivity contribution in [1.29, 1.82) is 0 Å². The number of benzene rings is 1. The Kier molecular flexibility index (Phi) is 4.83. The number of nitrogens with zero attached hydrogens (tertiary/aromatic N) is 2. The SMILES string of the molecule is CC(C)n1ccc(COc2ccc(Br)cc2[C@@H](C)N)n1. The van der Waals surface area contributed by atoms with Crippen LogP contribution in [0, 0.1) is 0 Å². The van der Waals surface area contributed by atoms with Gasteiger partial charge in [-0.05, 0) is 45.0 Å². The van der Waals surface area contributed by atoms with E-state index in [0.717, 1.165) is 21.5 Å². The van der Waals surface area contributed by atoms with Gasteiger partial charge in [-0.15, -0.1) is 0 Å². The smallest absolute Gasteiger partial charge is 0.132 e. The molecule has 0 aliphatic carbocycles. The first-order valence-corrected chi connectivity index (χ1v) is 7.48. The predicted molar refractivity (Wildman–Crippen MR) is 83.7 cm³/mol. The highest BCUT2D eigenvalue weighted by Crippen LogP contribution is 2.28. The molecule has 2 N–H and O–H groups in total. The summed E-state index contributed by atoms with van der Waals surface area (Å²) in [5, 5.41) is 4.47. The number of halogens is 1. The molecule has 0 bridgehead atoms. The van der Waals surface area contributed by atoms with Gasteiger partial charge in [0.05, 0.1) is 5.69 Å². The first-order chi connectivity index (χ1) is 9.47. The molecule has 108 valence electrons. The number of aromatic nitrogens is 2. The molecule has 5 heteroatoms. The molecule has 0 amide bonds. The van der Waals surface area contributed by atoms with Gasteiger partial charge >= 0.3 is 0 Å². The highest BCUT2D eigenvalue weighted by molar-refractivity contribution is 9.10. The maximum atomic E-state index is 5.98. The van der Waals surface area contributed by atoms with Crippen molar-refractivity contribution in [3.05, 3.63) is 46.2 Å². The Morgan fingerprint density at radius 1 is 1.30 bits per heavy atom. The fraction of sp³-hybridized carbons (Fsp3) is 0.400. The van der Waals surface area contributed by atoms with Crippen molar-refractivity contribution in [2.75, 3.05) is 0 Å². The van der Waals surface area contributed by atoms with Gasteiger partial charge in [0.25, 0.3) is 0 Å². The van der Waals surface area contributed by atoms with Crippen LogP contribution in [0.25, 0.3) is 0 Å². The zero-order chi connectivity index (χ0) is 14.7. The number of ether oxygens (including phenoxy) is 1. The molecule has 0 spiro atoms. The first kappa shape index (κ1) is 15.1. The van der Waals surface area contributed by atoms with E-state index in [1.165, 1.54) is 0 Å². The minimum absolute atomic E-state index is 0.0734. The van der Waals surface area contributed by atoms with Crippen LogP contribution in [0.2, 0.25) is 0 Å². The van der Waals surface area contributed by atoms with E-state index < -0.39 is 0 Å². The molecule has 0 unspecified atom stereocenters. The molecule has 2 rings (SSSR count). The molecule has 4 nitrogen and oxygen atoms in total. The highest BCUT2D eigenvalue weighted by atomic mass is 79.9. The Morgan fingerprint density at radius 3 is 2.65 bits per heavy atom. The van der Waals surface area contributed by atoms with E-state index in [-0.39, 0.29) is 6.04 Å². The van der Waals surface area contributed by atoms with Crippen LogP contribution in [0.15, 0.2) is 34.9 Å². The number of rotatable bonds is 5. The molecule has 0 saturated carbocycles. The zero-order valence-electron chi connectivity index (χ0n) is 12.0. The summed E-state index contributed by atoms with van der Waals surface area (Å²) in [7, 11) is 0. The zero-order valence-corrected chi connectivity index (χ0v) is 13.6. The topological polar surface area (TPSA) is 53.1 Å². The fourth-order valence-electron chi connectivity index (χ4n) is 1.90. The third-order valence-corrected chi connectivity index (χ3v) is 3.52. The van der Waals surface area contributed by atoms with Crippen molar-refractivity contribution < 1.29 is 4.74 Å².